The van der Waals surface area contributed by atoms with Gasteiger partial charge in [-0.15, -0.1) is 0 Å². The molecule has 2 N–H and O–H groups in total. The SMILES string of the molecule is CC(C)c1cccc(C(N)B2OC(C)(C)C(C)(C)O2)c1. The molecule has 0 bridgehead atoms. The largest absolute Gasteiger partial charge is 0.480 e. The molecule has 1 unspecified atom stereocenters. The summed E-state index contributed by atoms with van der Waals surface area (Å²) >= 11 is 0. The Morgan fingerprint density at radius 3 is 2.00 bits per heavy atom. The van der Waals surface area contributed by atoms with Crippen molar-refractivity contribution < 1.29 is 9.31 Å². The smallest absolute Gasteiger partial charge is 0.402 e. The zero-order valence-corrected chi connectivity index (χ0v) is 13.4. The summed E-state index contributed by atoms with van der Waals surface area (Å²) in [6.07, 6.45) is 0. The second-order valence-corrected chi connectivity index (χ2v) is 6.98. The molecule has 1 fully saturated rings. The van der Waals surface area contributed by atoms with Gasteiger partial charge in [0, 0.05) is 0 Å². The van der Waals surface area contributed by atoms with E-state index in [9.17, 15) is 0 Å². The monoisotopic (exact) mass is 275 g/mol. The number of rotatable bonds is 3. The Kier molecular flexibility index (Phi) is 4.02. The molecule has 0 amide bonds. The summed E-state index contributed by atoms with van der Waals surface area (Å²) in [6.45, 7) is 12.5. The van der Waals surface area contributed by atoms with Gasteiger partial charge in [0.2, 0.25) is 0 Å². The summed E-state index contributed by atoms with van der Waals surface area (Å²) in [6, 6.07) is 8.38. The highest BCUT2D eigenvalue weighted by molar-refractivity contribution is 6.47. The quantitative estimate of drug-likeness (QED) is 0.859. The lowest BCUT2D eigenvalue weighted by Gasteiger charge is -2.32. The Morgan fingerprint density at radius 1 is 1.00 bits per heavy atom. The van der Waals surface area contributed by atoms with Crippen molar-refractivity contribution in [3.05, 3.63) is 35.4 Å². The summed E-state index contributed by atoms with van der Waals surface area (Å²) in [7, 11) is -0.401. The average Bonchev–Trinajstić information content (AvgIpc) is 2.57. The van der Waals surface area contributed by atoms with E-state index in [4.69, 9.17) is 15.0 Å². The van der Waals surface area contributed by atoms with Crippen LogP contribution in [0.1, 0.15) is 64.5 Å². The van der Waals surface area contributed by atoms with E-state index < -0.39 is 7.12 Å². The van der Waals surface area contributed by atoms with E-state index in [0.29, 0.717) is 5.92 Å². The van der Waals surface area contributed by atoms with Crippen molar-refractivity contribution in [1.82, 2.24) is 0 Å². The zero-order valence-electron chi connectivity index (χ0n) is 13.4. The lowest BCUT2D eigenvalue weighted by atomic mass is 9.74. The molecular formula is C16H26BNO2. The average molecular weight is 275 g/mol. The molecule has 2 rings (SSSR count). The van der Waals surface area contributed by atoms with Gasteiger partial charge in [-0.2, -0.15) is 0 Å². The van der Waals surface area contributed by atoms with Crippen molar-refractivity contribution in [3.63, 3.8) is 0 Å². The fourth-order valence-corrected chi connectivity index (χ4v) is 2.32. The van der Waals surface area contributed by atoms with E-state index >= 15 is 0 Å². The third-order valence-electron chi connectivity index (χ3n) is 4.53. The topological polar surface area (TPSA) is 44.5 Å². The molecule has 1 saturated heterocycles. The maximum atomic E-state index is 6.36. The van der Waals surface area contributed by atoms with Gasteiger partial charge < -0.3 is 15.0 Å². The van der Waals surface area contributed by atoms with Crippen molar-refractivity contribution in [1.29, 1.82) is 0 Å². The molecule has 0 aromatic heterocycles. The minimum Gasteiger partial charge on any atom is -0.402 e. The van der Waals surface area contributed by atoms with Crippen LogP contribution in [-0.2, 0) is 9.31 Å². The normalized spacial score (nSPS) is 22.3. The van der Waals surface area contributed by atoms with Crippen LogP contribution in [0.4, 0.5) is 0 Å². The van der Waals surface area contributed by atoms with E-state index in [1.807, 2.05) is 33.8 Å². The van der Waals surface area contributed by atoms with Gasteiger partial charge in [0.25, 0.3) is 0 Å². The van der Waals surface area contributed by atoms with Crippen LogP contribution < -0.4 is 5.73 Å². The molecule has 1 heterocycles. The Labute approximate surface area is 123 Å². The summed E-state index contributed by atoms with van der Waals surface area (Å²) in [5, 5.41) is 0. The predicted octanol–water partition coefficient (Wildman–Crippen LogP) is 3.44. The second-order valence-electron chi connectivity index (χ2n) is 6.98. The van der Waals surface area contributed by atoms with Gasteiger partial charge in [-0.05, 0) is 44.7 Å². The highest BCUT2D eigenvalue weighted by Crippen LogP contribution is 2.39. The molecule has 0 saturated carbocycles. The summed E-state index contributed by atoms with van der Waals surface area (Å²) < 4.78 is 12.1. The fourth-order valence-electron chi connectivity index (χ4n) is 2.32. The summed E-state index contributed by atoms with van der Waals surface area (Å²) in [5.41, 5.74) is 8.03. The molecule has 1 atom stereocenters. The van der Waals surface area contributed by atoms with Gasteiger partial charge in [-0.3, -0.25) is 0 Å². The predicted molar refractivity (Wildman–Crippen MR) is 83.5 cm³/mol. The van der Waals surface area contributed by atoms with Gasteiger partial charge in [-0.25, -0.2) is 0 Å². The first-order chi connectivity index (χ1) is 9.14. The van der Waals surface area contributed by atoms with Gasteiger partial charge >= 0.3 is 7.12 Å². The Morgan fingerprint density at radius 2 is 1.50 bits per heavy atom. The third kappa shape index (κ3) is 2.78. The molecule has 0 radical (unpaired) electrons. The van der Waals surface area contributed by atoms with Gasteiger partial charge in [0.15, 0.2) is 0 Å². The van der Waals surface area contributed by atoms with Gasteiger partial charge in [0.1, 0.15) is 0 Å². The zero-order chi connectivity index (χ0) is 15.1. The maximum absolute atomic E-state index is 6.36. The lowest BCUT2D eigenvalue weighted by molar-refractivity contribution is 0.00578. The van der Waals surface area contributed by atoms with E-state index in [2.05, 4.69) is 32.0 Å². The molecule has 4 heteroatoms. The molecular weight excluding hydrogens is 249 g/mol. The van der Waals surface area contributed by atoms with Crippen molar-refractivity contribution in [2.24, 2.45) is 5.73 Å². The molecule has 1 aromatic rings. The first-order valence-electron chi connectivity index (χ1n) is 7.35. The Bertz CT molecular complexity index is 469. The highest BCUT2D eigenvalue weighted by atomic mass is 16.7. The van der Waals surface area contributed by atoms with Crippen molar-refractivity contribution in [3.8, 4) is 0 Å². The van der Waals surface area contributed by atoms with Crippen LogP contribution >= 0.6 is 0 Å². The van der Waals surface area contributed by atoms with Crippen LogP contribution in [0.15, 0.2) is 24.3 Å². The van der Waals surface area contributed by atoms with Crippen LogP contribution in [0.2, 0.25) is 0 Å². The molecule has 1 aliphatic heterocycles. The molecule has 0 aliphatic carbocycles. The standard InChI is InChI=1S/C16H26BNO2/c1-11(2)12-8-7-9-13(10-12)14(18)17-19-15(3,4)16(5,6)20-17/h7-11,14H,18H2,1-6H3. The van der Waals surface area contributed by atoms with Gasteiger partial charge in [0.05, 0.1) is 17.1 Å². The lowest BCUT2D eigenvalue weighted by Crippen LogP contribution is -2.41. The van der Waals surface area contributed by atoms with Crippen molar-refractivity contribution >= 4 is 7.12 Å². The number of hydrogen-bond donors (Lipinski definition) is 1. The summed E-state index contributed by atoms with van der Waals surface area (Å²) in [5.74, 6) is 0.218. The van der Waals surface area contributed by atoms with E-state index in [1.54, 1.807) is 0 Å². The minimum absolute atomic E-state index is 0.269. The molecule has 3 nitrogen and oxygen atoms in total. The van der Waals surface area contributed by atoms with Gasteiger partial charge in [-0.1, -0.05) is 38.1 Å². The molecule has 1 aliphatic rings. The molecule has 110 valence electrons. The fraction of sp³-hybridized carbons (Fsp3) is 0.625. The van der Waals surface area contributed by atoms with Crippen LogP contribution in [0.3, 0.4) is 0 Å². The molecule has 1 aromatic carbocycles. The van der Waals surface area contributed by atoms with Crippen molar-refractivity contribution in [2.45, 2.75) is 64.6 Å². The van der Waals surface area contributed by atoms with Crippen LogP contribution in [0.25, 0.3) is 0 Å². The minimum atomic E-state index is -0.401. The number of hydrogen-bond acceptors (Lipinski definition) is 3. The Hall–Kier alpha value is -0.835. The highest BCUT2D eigenvalue weighted by Gasteiger charge is 2.53. The van der Waals surface area contributed by atoms with Crippen molar-refractivity contribution in [2.75, 3.05) is 0 Å². The van der Waals surface area contributed by atoms with E-state index in [1.165, 1.54) is 5.56 Å². The van der Waals surface area contributed by atoms with E-state index in [-0.39, 0.29) is 17.1 Å². The first-order valence-corrected chi connectivity index (χ1v) is 7.35. The number of nitrogens with two attached hydrogens (primary N) is 1. The second kappa shape index (κ2) is 5.17. The number of benzene rings is 1. The molecule has 20 heavy (non-hydrogen) atoms. The van der Waals surface area contributed by atoms with Crippen LogP contribution in [0.5, 0.6) is 0 Å². The van der Waals surface area contributed by atoms with E-state index in [0.717, 1.165) is 5.56 Å². The first kappa shape index (κ1) is 15.6. The third-order valence-corrected chi connectivity index (χ3v) is 4.53. The summed E-state index contributed by atoms with van der Waals surface area (Å²) in [4.78, 5) is 0. The van der Waals surface area contributed by atoms with Crippen LogP contribution in [0, 0.1) is 0 Å². The Balaban J connectivity index is 2.21. The maximum Gasteiger partial charge on any atom is 0.480 e. The van der Waals surface area contributed by atoms with Crippen LogP contribution in [-0.4, -0.2) is 18.3 Å². The molecule has 0 spiro atoms.